The van der Waals surface area contributed by atoms with Gasteiger partial charge in [0.2, 0.25) is 0 Å². The zero-order valence-corrected chi connectivity index (χ0v) is 13.0. The molecule has 5 nitrogen and oxygen atoms in total. The second kappa shape index (κ2) is 11.0. The van der Waals surface area contributed by atoms with Crippen LogP contribution in [0.25, 0.3) is 0 Å². The van der Waals surface area contributed by atoms with Gasteiger partial charge >= 0.3 is 0 Å². The first-order chi connectivity index (χ1) is 10.2. The summed E-state index contributed by atoms with van der Waals surface area (Å²) in [4.78, 5) is 0. The van der Waals surface area contributed by atoms with Crippen LogP contribution in [0.3, 0.4) is 0 Å². The van der Waals surface area contributed by atoms with Gasteiger partial charge in [-0.2, -0.15) is 0 Å². The molecule has 4 atom stereocenters. The number of allylic oxidation sites excluding steroid dienone is 1. The first-order valence-corrected chi connectivity index (χ1v) is 8.09. The van der Waals surface area contributed by atoms with Crippen LogP contribution in [-0.4, -0.2) is 52.9 Å². The molecule has 0 aromatic rings. The molecule has 0 aliphatic carbocycles. The fourth-order valence-corrected chi connectivity index (χ4v) is 2.44. The third-order valence-corrected chi connectivity index (χ3v) is 3.81. The van der Waals surface area contributed by atoms with Gasteiger partial charge < -0.3 is 24.8 Å². The summed E-state index contributed by atoms with van der Waals surface area (Å²) >= 11 is 0. The molecule has 0 unspecified atom stereocenters. The lowest BCUT2D eigenvalue weighted by Gasteiger charge is -2.20. The zero-order valence-electron chi connectivity index (χ0n) is 13.0. The van der Waals surface area contributed by atoms with Crippen LogP contribution in [-0.2, 0) is 9.47 Å². The van der Waals surface area contributed by atoms with Crippen molar-refractivity contribution in [2.45, 2.75) is 76.3 Å². The first-order valence-electron chi connectivity index (χ1n) is 8.09. The van der Waals surface area contributed by atoms with Crippen LogP contribution < -0.4 is 0 Å². The Hall–Kier alpha value is -0.620. The molecular formula is C16H30O5. The van der Waals surface area contributed by atoms with E-state index >= 15 is 0 Å². The van der Waals surface area contributed by atoms with Crippen LogP contribution in [0.5, 0.6) is 0 Å². The standard InChI is InChI=1S/C16H30O5/c1-2-3-4-5-6-7-8-9-10-20-14-12-21-16(15(14)19)13(18)11-17/h9-10,13-19H,2-8,11-12H2,1H3/b10-9+/t13-,14+,15-,16-/m1/s1. The molecule has 21 heavy (non-hydrogen) atoms. The smallest absolute Gasteiger partial charge is 0.149 e. The summed E-state index contributed by atoms with van der Waals surface area (Å²) in [6.45, 7) is 2.01. The Balaban J connectivity index is 2.08. The molecule has 5 heteroatoms. The number of aliphatic hydroxyl groups is 3. The lowest BCUT2D eigenvalue weighted by molar-refractivity contribution is -0.0689. The van der Waals surface area contributed by atoms with Crippen molar-refractivity contribution < 1.29 is 24.8 Å². The molecule has 0 spiro atoms. The monoisotopic (exact) mass is 302 g/mol. The van der Waals surface area contributed by atoms with Crippen LogP contribution in [0.15, 0.2) is 12.3 Å². The first kappa shape index (κ1) is 18.4. The van der Waals surface area contributed by atoms with Gasteiger partial charge in [-0.05, 0) is 18.9 Å². The molecule has 1 saturated heterocycles. The molecule has 1 aliphatic rings. The molecule has 0 aromatic heterocycles. The largest absolute Gasteiger partial charge is 0.493 e. The highest BCUT2D eigenvalue weighted by atomic mass is 16.6. The maximum absolute atomic E-state index is 9.92. The van der Waals surface area contributed by atoms with Gasteiger partial charge in [0.1, 0.15) is 24.4 Å². The van der Waals surface area contributed by atoms with E-state index in [9.17, 15) is 10.2 Å². The van der Waals surface area contributed by atoms with E-state index in [2.05, 4.69) is 6.92 Å². The van der Waals surface area contributed by atoms with E-state index in [1.54, 1.807) is 6.26 Å². The Morgan fingerprint density at radius 3 is 2.67 bits per heavy atom. The maximum Gasteiger partial charge on any atom is 0.149 e. The summed E-state index contributed by atoms with van der Waals surface area (Å²) in [6, 6.07) is 0. The van der Waals surface area contributed by atoms with Crippen molar-refractivity contribution in [1.29, 1.82) is 0 Å². The van der Waals surface area contributed by atoms with Gasteiger partial charge in [-0.15, -0.1) is 0 Å². The van der Waals surface area contributed by atoms with E-state index < -0.39 is 31.0 Å². The average molecular weight is 302 g/mol. The summed E-state index contributed by atoms with van der Waals surface area (Å²) in [7, 11) is 0. The SMILES string of the molecule is CCCCCCCC/C=C/O[C@H]1CO[C@H]([C@H](O)CO)[C@@H]1O. The van der Waals surface area contributed by atoms with Crippen molar-refractivity contribution in [3.8, 4) is 0 Å². The highest BCUT2D eigenvalue weighted by Gasteiger charge is 2.40. The summed E-state index contributed by atoms with van der Waals surface area (Å²) in [5.41, 5.74) is 0. The van der Waals surface area contributed by atoms with Crippen molar-refractivity contribution >= 4 is 0 Å². The molecule has 0 aromatic carbocycles. The number of ether oxygens (including phenoxy) is 2. The normalized spacial score (nSPS) is 27.3. The third-order valence-electron chi connectivity index (χ3n) is 3.81. The van der Waals surface area contributed by atoms with Crippen LogP contribution in [0, 0.1) is 0 Å². The van der Waals surface area contributed by atoms with Gasteiger partial charge in [0.15, 0.2) is 0 Å². The Kier molecular flexibility index (Phi) is 9.67. The minimum absolute atomic E-state index is 0.226. The second-order valence-electron chi connectivity index (χ2n) is 5.64. The quantitative estimate of drug-likeness (QED) is 0.400. The minimum Gasteiger partial charge on any atom is -0.493 e. The molecule has 0 bridgehead atoms. The molecule has 1 rings (SSSR count). The van der Waals surface area contributed by atoms with Crippen molar-refractivity contribution in [3.63, 3.8) is 0 Å². The third kappa shape index (κ3) is 6.78. The average Bonchev–Trinajstić information content (AvgIpc) is 2.86. The summed E-state index contributed by atoms with van der Waals surface area (Å²) in [6.07, 6.45) is 8.90. The molecule has 124 valence electrons. The molecule has 1 fully saturated rings. The zero-order chi connectivity index (χ0) is 15.5. The Labute approximate surface area is 127 Å². The van der Waals surface area contributed by atoms with E-state index in [0.29, 0.717) is 0 Å². The lowest BCUT2D eigenvalue weighted by atomic mass is 10.1. The van der Waals surface area contributed by atoms with Crippen LogP contribution in [0.1, 0.15) is 51.9 Å². The summed E-state index contributed by atoms with van der Waals surface area (Å²) in [5, 5.41) is 28.2. The Morgan fingerprint density at radius 2 is 1.95 bits per heavy atom. The predicted molar refractivity (Wildman–Crippen MR) is 80.8 cm³/mol. The van der Waals surface area contributed by atoms with E-state index in [0.717, 1.165) is 12.8 Å². The van der Waals surface area contributed by atoms with E-state index in [1.807, 2.05) is 6.08 Å². The van der Waals surface area contributed by atoms with Crippen LogP contribution >= 0.6 is 0 Å². The van der Waals surface area contributed by atoms with Gasteiger partial charge in [0.25, 0.3) is 0 Å². The molecule has 3 N–H and O–H groups in total. The van der Waals surface area contributed by atoms with E-state index in [4.69, 9.17) is 14.6 Å². The van der Waals surface area contributed by atoms with Gasteiger partial charge in [-0.1, -0.05) is 39.0 Å². The van der Waals surface area contributed by atoms with E-state index in [1.165, 1.54) is 32.1 Å². The Morgan fingerprint density at radius 1 is 1.24 bits per heavy atom. The maximum atomic E-state index is 9.92. The van der Waals surface area contributed by atoms with Crippen LogP contribution in [0.4, 0.5) is 0 Å². The van der Waals surface area contributed by atoms with E-state index in [-0.39, 0.29) is 6.61 Å². The van der Waals surface area contributed by atoms with Gasteiger partial charge in [0.05, 0.1) is 19.5 Å². The number of hydrogen-bond donors (Lipinski definition) is 3. The number of rotatable bonds is 11. The Bertz CT molecular complexity index is 282. The summed E-state index contributed by atoms with van der Waals surface area (Å²) in [5.74, 6) is 0. The molecule has 1 heterocycles. The molecule has 0 saturated carbocycles. The topological polar surface area (TPSA) is 79.2 Å². The lowest BCUT2D eigenvalue weighted by Crippen LogP contribution is -2.40. The van der Waals surface area contributed by atoms with Crippen molar-refractivity contribution in [2.75, 3.05) is 13.2 Å². The molecule has 0 amide bonds. The van der Waals surface area contributed by atoms with Gasteiger partial charge in [0, 0.05) is 0 Å². The van der Waals surface area contributed by atoms with Crippen molar-refractivity contribution in [1.82, 2.24) is 0 Å². The minimum atomic E-state index is -1.07. The second-order valence-corrected chi connectivity index (χ2v) is 5.64. The number of hydrogen-bond acceptors (Lipinski definition) is 5. The molecule has 1 aliphatic heterocycles. The van der Waals surface area contributed by atoms with Crippen molar-refractivity contribution in [2.24, 2.45) is 0 Å². The molecular weight excluding hydrogens is 272 g/mol. The summed E-state index contributed by atoms with van der Waals surface area (Å²) < 4.78 is 10.7. The van der Waals surface area contributed by atoms with Gasteiger partial charge in [-0.3, -0.25) is 0 Å². The number of aliphatic hydroxyl groups excluding tert-OH is 3. The van der Waals surface area contributed by atoms with Crippen LogP contribution in [0.2, 0.25) is 0 Å². The van der Waals surface area contributed by atoms with Gasteiger partial charge in [-0.25, -0.2) is 0 Å². The predicted octanol–water partition coefficient (Wildman–Crippen LogP) is 1.75. The fraction of sp³-hybridized carbons (Fsp3) is 0.875. The molecule has 0 radical (unpaired) electrons. The van der Waals surface area contributed by atoms with Crippen molar-refractivity contribution in [3.05, 3.63) is 12.3 Å². The highest BCUT2D eigenvalue weighted by molar-refractivity contribution is 4.90. The highest BCUT2D eigenvalue weighted by Crippen LogP contribution is 2.20. The fourth-order valence-electron chi connectivity index (χ4n) is 2.44. The number of unbranched alkanes of at least 4 members (excludes halogenated alkanes) is 6.